The van der Waals surface area contributed by atoms with E-state index in [1.807, 2.05) is 31.7 Å². The first kappa shape index (κ1) is 12.0. The van der Waals surface area contributed by atoms with E-state index in [9.17, 15) is 4.79 Å². The Morgan fingerprint density at radius 2 is 2.33 bits per heavy atom. The number of nitrogens with one attached hydrogen (secondary N) is 1. The number of alkyl halides is 1. The highest BCUT2D eigenvalue weighted by molar-refractivity contribution is 6.19. The molecule has 0 saturated carbocycles. The summed E-state index contributed by atoms with van der Waals surface area (Å²) >= 11 is 5.70. The lowest BCUT2D eigenvalue weighted by Crippen LogP contribution is -2.38. The zero-order chi connectivity index (χ0) is 11.5. The van der Waals surface area contributed by atoms with Crippen LogP contribution in [0.25, 0.3) is 0 Å². The monoisotopic (exact) mass is 229 g/mol. The number of imidazole rings is 1. The highest BCUT2D eigenvalue weighted by atomic mass is 35.5. The number of aromatic nitrogens is 2. The molecule has 4 nitrogen and oxygen atoms in total. The average molecular weight is 230 g/mol. The predicted molar refractivity (Wildman–Crippen MR) is 59.6 cm³/mol. The predicted octanol–water partition coefficient (Wildman–Crippen LogP) is 1.30. The summed E-state index contributed by atoms with van der Waals surface area (Å²) in [6.07, 6.45) is 3.54. The summed E-state index contributed by atoms with van der Waals surface area (Å²) in [7, 11) is 1.89. The Morgan fingerprint density at radius 3 is 2.80 bits per heavy atom. The van der Waals surface area contributed by atoms with E-state index in [0.29, 0.717) is 12.4 Å². The Morgan fingerprint density at radius 1 is 1.67 bits per heavy atom. The molecule has 0 spiro atoms. The zero-order valence-corrected chi connectivity index (χ0v) is 10.0. The maximum atomic E-state index is 11.7. The minimum Gasteiger partial charge on any atom is -0.348 e. The van der Waals surface area contributed by atoms with Crippen molar-refractivity contribution in [2.45, 2.75) is 20.4 Å². The summed E-state index contributed by atoms with van der Waals surface area (Å²) in [5.41, 5.74) is -0.535. The molecule has 84 valence electrons. The van der Waals surface area contributed by atoms with Crippen molar-refractivity contribution in [2.24, 2.45) is 12.5 Å². The molecular formula is C10H16ClN3O. The first-order valence-corrected chi connectivity index (χ1v) is 5.31. The molecule has 0 atom stereocenters. The third kappa shape index (κ3) is 2.96. The quantitative estimate of drug-likeness (QED) is 0.792. The normalized spacial score (nSPS) is 11.5. The molecule has 0 fully saturated rings. The molecule has 0 radical (unpaired) electrons. The van der Waals surface area contributed by atoms with Gasteiger partial charge in [0.1, 0.15) is 5.82 Å². The molecule has 1 heterocycles. The number of amides is 1. The molecule has 0 saturated heterocycles. The number of nitrogens with zero attached hydrogens (tertiary/aromatic N) is 2. The van der Waals surface area contributed by atoms with Crippen LogP contribution in [0.5, 0.6) is 0 Å². The number of hydrogen-bond donors (Lipinski definition) is 1. The van der Waals surface area contributed by atoms with Crippen molar-refractivity contribution in [3.8, 4) is 0 Å². The van der Waals surface area contributed by atoms with Crippen molar-refractivity contribution in [2.75, 3.05) is 5.88 Å². The highest BCUT2D eigenvalue weighted by Crippen LogP contribution is 2.16. The van der Waals surface area contributed by atoms with Gasteiger partial charge in [0.05, 0.1) is 12.0 Å². The minimum atomic E-state index is -0.535. The van der Waals surface area contributed by atoms with Gasteiger partial charge in [-0.15, -0.1) is 11.6 Å². The van der Waals surface area contributed by atoms with Crippen LogP contribution in [0.3, 0.4) is 0 Å². The van der Waals surface area contributed by atoms with Crippen molar-refractivity contribution in [3.05, 3.63) is 18.2 Å². The van der Waals surface area contributed by atoms with Gasteiger partial charge in [0.2, 0.25) is 5.91 Å². The first-order valence-electron chi connectivity index (χ1n) is 4.78. The van der Waals surface area contributed by atoms with E-state index in [1.165, 1.54) is 0 Å². The third-order valence-electron chi connectivity index (χ3n) is 2.28. The van der Waals surface area contributed by atoms with Crippen LogP contribution in [0, 0.1) is 5.41 Å². The minimum absolute atomic E-state index is 0.0551. The van der Waals surface area contributed by atoms with Crippen molar-refractivity contribution >= 4 is 17.5 Å². The molecule has 5 heteroatoms. The highest BCUT2D eigenvalue weighted by Gasteiger charge is 2.26. The number of hydrogen-bond acceptors (Lipinski definition) is 2. The number of halogens is 1. The van der Waals surface area contributed by atoms with Crippen LogP contribution in [0.1, 0.15) is 19.7 Å². The van der Waals surface area contributed by atoms with Crippen LogP contribution >= 0.6 is 11.6 Å². The molecule has 0 aliphatic carbocycles. The Balaban J connectivity index is 2.52. The molecule has 0 bridgehead atoms. The van der Waals surface area contributed by atoms with Gasteiger partial charge in [-0.2, -0.15) is 0 Å². The topological polar surface area (TPSA) is 46.9 Å². The molecule has 0 aliphatic rings. The molecule has 0 aromatic carbocycles. The lowest BCUT2D eigenvalue weighted by Gasteiger charge is -2.20. The second-order valence-corrected chi connectivity index (χ2v) is 4.42. The van der Waals surface area contributed by atoms with Crippen LogP contribution in [0.4, 0.5) is 0 Å². The van der Waals surface area contributed by atoms with Gasteiger partial charge >= 0.3 is 0 Å². The maximum absolute atomic E-state index is 11.7. The van der Waals surface area contributed by atoms with Crippen LogP contribution in [-0.2, 0) is 18.4 Å². The molecule has 1 aromatic heterocycles. The van der Waals surface area contributed by atoms with Gasteiger partial charge in [-0.05, 0) is 13.8 Å². The van der Waals surface area contributed by atoms with E-state index >= 15 is 0 Å². The fraction of sp³-hybridized carbons (Fsp3) is 0.600. The second kappa shape index (κ2) is 4.66. The summed E-state index contributed by atoms with van der Waals surface area (Å²) in [5, 5.41) is 2.81. The number of carbonyl (C=O) groups is 1. The smallest absolute Gasteiger partial charge is 0.227 e. The Labute approximate surface area is 94.6 Å². The molecule has 0 aliphatic heterocycles. The average Bonchev–Trinajstić information content (AvgIpc) is 2.60. The van der Waals surface area contributed by atoms with Gasteiger partial charge in [0.25, 0.3) is 0 Å². The van der Waals surface area contributed by atoms with Gasteiger partial charge in [-0.3, -0.25) is 4.79 Å². The third-order valence-corrected chi connectivity index (χ3v) is 2.94. The largest absolute Gasteiger partial charge is 0.348 e. The van der Waals surface area contributed by atoms with E-state index in [4.69, 9.17) is 11.6 Å². The lowest BCUT2D eigenvalue weighted by atomic mass is 9.95. The summed E-state index contributed by atoms with van der Waals surface area (Å²) < 4.78 is 1.87. The zero-order valence-electron chi connectivity index (χ0n) is 9.25. The van der Waals surface area contributed by atoms with Gasteiger partial charge in [0.15, 0.2) is 0 Å². The second-order valence-electron chi connectivity index (χ2n) is 4.15. The Bertz CT molecular complexity index is 346. The standard InChI is InChI=1S/C10H16ClN3O/c1-10(2,7-11)9(15)13-6-8-12-4-5-14(8)3/h4-5H,6-7H2,1-3H3,(H,13,15). The number of rotatable bonds is 4. The molecule has 0 unspecified atom stereocenters. The van der Waals surface area contributed by atoms with E-state index in [-0.39, 0.29) is 5.91 Å². The molecule has 15 heavy (non-hydrogen) atoms. The molecular weight excluding hydrogens is 214 g/mol. The summed E-state index contributed by atoms with van der Waals surface area (Å²) in [5.74, 6) is 1.08. The van der Waals surface area contributed by atoms with E-state index in [1.54, 1.807) is 6.20 Å². The molecule has 1 amide bonds. The Hall–Kier alpha value is -1.03. The van der Waals surface area contributed by atoms with Gasteiger partial charge < -0.3 is 9.88 Å². The Kier molecular flexibility index (Phi) is 3.74. The van der Waals surface area contributed by atoms with E-state index in [2.05, 4.69) is 10.3 Å². The molecule has 1 rings (SSSR count). The summed E-state index contributed by atoms with van der Waals surface area (Å²) in [4.78, 5) is 15.8. The SMILES string of the molecule is Cn1ccnc1CNC(=O)C(C)(C)CCl. The number of carbonyl (C=O) groups excluding carboxylic acids is 1. The van der Waals surface area contributed by atoms with E-state index in [0.717, 1.165) is 5.82 Å². The van der Waals surface area contributed by atoms with Gasteiger partial charge in [0, 0.05) is 25.3 Å². The van der Waals surface area contributed by atoms with Crippen LogP contribution in [0.15, 0.2) is 12.4 Å². The fourth-order valence-electron chi connectivity index (χ4n) is 1.03. The van der Waals surface area contributed by atoms with Gasteiger partial charge in [-0.1, -0.05) is 0 Å². The number of aryl methyl sites for hydroxylation is 1. The molecule has 1 N–H and O–H groups in total. The van der Waals surface area contributed by atoms with Gasteiger partial charge in [-0.25, -0.2) is 4.98 Å². The van der Waals surface area contributed by atoms with Crippen molar-refractivity contribution in [1.82, 2.24) is 14.9 Å². The van der Waals surface area contributed by atoms with Crippen LogP contribution in [0.2, 0.25) is 0 Å². The lowest BCUT2D eigenvalue weighted by molar-refractivity contribution is -0.128. The van der Waals surface area contributed by atoms with Crippen LogP contribution in [-0.4, -0.2) is 21.3 Å². The molecule has 1 aromatic rings. The van der Waals surface area contributed by atoms with Crippen molar-refractivity contribution < 1.29 is 4.79 Å². The van der Waals surface area contributed by atoms with Crippen LogP contribution < -0.4 is 5.32 Å². The first-order chi connectivity index (χ1) is 6.97. The van der Waals surface area contributed by atoms with E-state index < -0.39 is 5.41 Å². The van der Waals surface area contributed by atoms with Crippen molar-refractivity contribution in [3.63, 3.8) is 0 Å². The maximum Gasteiger partial charge on any atom is 0.227 e. The van der Waals surface area contributed by atoms with Crippen molar-refractivity contribution in [1.29, 1.82) is 0 Å². The fourth-order valence-corrected chi connectivity index (χ4v) is 1.15. The summed E-state index contributed by atoms with van der Waals surface area (Å²) in [6, 6.07) is 0. The summed E-state index contributed by atoms with van der Waals surface area (Å²) in [6.45, 7) is 4.06.